The molecule has 0 heterocycles. The lowest BCUT2D eigenvalue weighted by Gasteiger charge is -2.15. The molecule has 130 valence electrons. The molecule has 0 spiro atoms. The van der Waals surface area contributed by atoms with Crippen molar-refractivity contribution in [3.63, 3.8) is 0 Å². The Labute approximate surface area is 144 Å². The van der Waals surface area contributed by atoms with Crippen molar-refractivity contribution >= 4 is 15.7 Å². The lowest BCUT2D eigenvalue weighted by Crippen LogP contribution is -2.23. The molecule has 0 radical (unpaired) electrons. The molecule has 24 heavy (non-hydrogen) atoms. The molecule has 2 aromatic carbocycles. The number of aryl methyl sites for hydroxylation is 2. The van der Waals surface area contributed by atoms with Gasteiger partial charge in [0.05, 0.1) is 4.90 Å². The summed E-state index contributed by atoms with van der Waals surface area (Å²) in [4.78, 5) is 0.317. The van der Waals surface area contributed by atoms with Gasteiger partial charge in [0.1, 0.15) is 12.4 Å². The summed E-state index contributed by atoms with van der Waals surface area (Å²) in [5.74, 6) is 0.821. The van der Waals surface area contributed by atoms with Gasteiger partial charge in [-0.3, -0.25) is 0 Å². The number of nitrogens with one attached hydrogen (secondary N) is 1. The maximum Gasteiger partial charge on any atom is 0.242 e. The van der Waals surface area contributed by atoms with Crippen molar-refractivity contribution in [3.05, 3.63) is 53.6 Å². The second kappa shape index (κ2) is 7.68. The first kappa shape index (κ1) is 18.3. The maximum absolute atomic E-state index is 12.3. The number of sulfonamides is 1. The quantitative estimate of drug-likeness (QED) is 0.782. The average molecular weight is 348 g/mol. The van der Waals surface area contributed by atoms with Crippen LogP contribution in [0.1, 0.15) is 11.1 Å². The van der Waals surface area contributed by atoms with Gasteiger partial charge >= 0.3 is 0 Å². The zero-order valence-electron chi connectivity index (χ0n) is 14.5. The molecule has 0 aliphatic carbocycles. The van der Waals surface area contributed by atoms with Crippen molar-refractivity contribution in [2.45, 2.75) is 18.7 Å². The molecule has 5 nitrogen and oxygen atoms in total. The van der Waals surface area contributed by atoms with Gasteiger partial charge in [0.2, 0.25) is 10.0 Å². The third-order valence-corrected chi connectivity index (χ3v) is 5.62. The lowest BCUT2D eigenvalue weighted by molar-refractivity contribution is 0.333. The highest BCUT2D eigenvalue weighted by Crippen LogP contribution is 2.22. The Bertz CT molecular complexity index is 784. The molecule has 0 atom stereocenters. The van der Waals surface area contributed by atoms with Gasteiger partial charge in [-0.2, -0.15) is 0 Å². The van der Waals surface area contributed by atoms with E-state index in [-0.39, 0.29) is 0 Å². The fourth-order valence-corrected chi connectivity index (χ4v) is 3.33. The van der Waals surface area contributed by atoms with E-state index in [4.69, 9.17) is 4.74 Å². The summed E-state index contributed by atoms with van der Waals surface area (Å²) in [5.41, 5.74) is 2.67. The summed E-state index contributed by atoms with van der Waals surface area (Å²) in [6.07, 6.45) is 0. The van der Waals surface area contributed by atoms with E-state index in [1.165, 1.54) is 24.0 Å². The molecule has 0 bridgehead atoms. The summed E-state index contributed by atoms with van der Waals surface area (Å²) in [6, 6.07) is 13.2. The largest absolute Gasteiger partial charge is 0.492 e. The van der Waals surface area contributed by atoms with Gasteiger partial charge in [-0.15, -0.1) is 0 Å². The minimum Gasteiger partial charge on any atom is -0.492 e. The Balaban J connectivity index is 1.97. The van der Waals surface area contributed by atoms with Gasteiger partial charge < -0.3 is 10.1 Å². The number of hydrogen-bond donors (Lipinski definition) is 1. The average Bonchev–Trinajstić information content (AvgIpc) is 2.54. The molecular weight excluding hydrogens is 324 g/mol. The normalized spacial score (nSPS) is 11.5. The molecule has 0 unspecified atom stereocenters. The second-order valence-corrected chi connectivity index (χ2v) is 7.98. The van der Waals surface area contributed by atoms with E-state index >= 15 is 0 Å². The minimum absolute atomic E-state index is 0.317. The molecule has 2 aromatic rings. The van der Waals surface area contributed by atoms with Crippen molar-refractivity contribution < 1.29 is 13.2 Å². The van der Waals surface area contributed by atoms with E-state index in [1.807, 2.05) is 37.3 Å². The van der Waals surface area contributed by atoms with Crippen LogP contribution in [0.3, 0.4) is 0 Å². The zero-order valence-corrected chi connectivity index (χ0v) is 15.4. The van der Waals surface area contributed by atoms with Gasteiger partial charge in [-0.05, 0) is 43.7 Å². The molecule has 0 aliphatic heterocycles. The van der Waals surface area contributed by atoms with E-state index < -0.39 is 10.0 Å². The summed E-state index contributed by atoms with van der Waals surface area (Å²) >= 11 is 0. The number of hydrogen-bond acceptors (Lipinski definition) is 4. The second-order valence-electron chi connectivity index (χ2n) is 5.86. The van der Waals surface area contributed by atoms with Crippen molar-refractivity contribution in [1.29, 1.82) is 0 Å². The maximum atomic E-state index is 12.3. The predicted molar refractivity (Wildman–Crippen MR) is 97.2 cm³/mol. The van der Waals surface area contributed by atoms with Gasteiger partial charge in [0, 0.05) is 26.3 Å². The Hall–Kier alpha value is -2.05. The highest BCUT2D eigenvalue weighted by molar-refractivity contribution is 7.89. The van der Waals surface area contributed by atoms with Crippen LogP contribution in [-0.2, 0) is 10.0 Å². The van der Waals surface area contributed by atoms with Crippen molar-refractivity contribution in [1.82, 2.24) is 4.31 Å². The van der Waals surface area contributed by atoms with Crippen LogP contribution in [0.15, 0.2) is 47.4 Å². The molecule has 6 heteroatoms. The smallest absolute Gasteiger partial charge is 0.242 e. The SMILES string of the molecule is Cc1ccc(OCCNc2ccc(C)c(S(=O)(=O)N(C)C)c2)cc1. The number of anilines is 1. The Morgan fingerprint density at radius 1 is 1.04 bits per heavy atom. The molecule has 0 aromatic heterocycles. The molecule has 2 rings (SSSR count). The third kappa shape index (κ3) is 4.49. The van der Waals surface area contributed by atoms with Gasteiger partial charge in [-0.25, -0.2) is 12.7 Å². The van der Waals surface area contributed by atoms with E-state index in [1.54, 1.807) is 19.1 Å². The van der Waals surface area contributed by atoms with Crippen LogP contribution in [0.25, 0.3) is 0 Å². The summed E-state index contributed by atoms with van der Waals surface area (Å²) in [5, 5.41) is 3.20. The Morgan fingerprint density at radius 2 is 1.71 bits per heavy atom. The van der Waals surface area contributed by atoms with Crippen LogP contribution < -0.4 is 10.1 Å². The lowest BCUT2D eigenvalue weighted by atomic mass is 10.2. The van der Waals surface area contributed by atoms with Crippen molar-refractivity contribution in [2.75, 3.05) is 32.6 Å². The zero-order chi connectivity index (χ0) is 17.7. The monoisotopic (exact) mass is 348 g/mol. The molecule has 1 N–H and O–H groups in total. The molecule has 0 saturated heterocycles. The van der Waals surface area contributed by atoms with Gasteiger partial charge in [-0.1, -0.05) is 23.8 Å². The first-order chi connectivity index (χ1) is 11.3. The summed E-state index contributed by atoms with van der Waals surface area (Å²) in [6.45, 7) is 4.90. The number of nitrogens with zero attached hydrogens (tertiary/aromatic N) is 1. The van der Waals surface area contributed by atoms with Crippen molar-refractivity contribution in [3.8, 4) is 5.75 Å². The van der Waals surface area contributed by atoms with Crippen LogP contribution in [-0.4, -0.2) is 40.0 Å². The number of rotatable bonds is 7. The van der Waals surface area contributed by atoms with Crippen LogP contribution >= 0.6 is 0 Å². The predicted octanol–water partition coefficient (Wildman–Crippen LogP) is 3.04. The van der Waals surface area contributed by atoms with Crippen LogP contribution in [0.2, 0.25) is 0 Å². The Morgan fingerprint density at radius 3 is 2.33 bits per heavy atom. The topological polar surface area (TPSA) is 58.6 Å². The molecule has 0 saturated carbocycles. The molecule has 0 amide bonds. The van der Waals surface area contributed by atoms with Gasteiger partial charge in [0.25, 0.3) is 0 Å². The Kier molecular flexibility index (Phi) is 5.85. The third-order valence-electron chi connectivity index (χ3n) is 3.67. The summed E-state index contributed by atoms with van der Waals surface area (Å²) in [7, 11) is -0.382. The van der Waals surface area contributed by atoms with E-state index in [2.05, 4.69) is 5.32 Å². The highest BCUT2D eigenvalue weighted by Gasteiger charge is 2.19. The van der Waals surface area contributed by atoms with E-state index in [9.17, 15) is 8.42 Å². The van der Waals surface area contributed by atoms with Gasteiger partial charge in [0.15, 0.2) is 0 Å². The number of benzene rings is 2. The molecule has 0 fully saturated rings. The summed E-state index contributed by atoms with van der Waals surface area (Å²) < 4.78 is 31.5. The fraction of sp³-hybridized carbons (Fsp3) is 0.333. The molecular formula is C18H24N2O3S. The van der Waals surface area contributed by atoms with Crippen LogP contribution in [0, 0.1) is 13.8 Å². The standard InChI is InChI=1S/C18H24N2O3S/c1-14-5-9-17(10-6-14)23-12-11-19-16-8-7-15(2)18(13-16)24(21,22)20(3)4/h5-10,13,19H,11-12H2,1-4H3. The van der Waals surface area contributed by atoms with E-state index in [0.717, 1.165) is 17.0 Å². The highest BCUT2D eigenvalue weighted by atomic mass is 32.2. The number of ether oxygens (including phenoxy) is 1. The first-order valence-electron chi connectivity index (χ1n) is 7.77. The van der Waals surface area contributed by atoms with E-state index in [0.29, 0.717) is 18.0 Å². The van der Waals surface area contributed by atoms with Crippen LogP contribution in [0.4, 0.5) is 5.69 Å². The fourth-order valence-electron chi connectivity index (χ4n) is 2.18. The molecule has 0 aliphatic rings. The minimum atomic E-state index is -3.45. The van der Waals surface area contributed by atoms with Crippen LogP contribution in [0.5, 0.6) is 5.75 Å². The van der Waals surface area contributed by atoms with Crippen molar-refractivity contribution in [2.24, 2.45) is 0 Å². The first-order valence-corrected chi connectivity index (χ1v) is 9.21.